The third kappa shape index (κ3) is 1.46. The average Bonchev–Trinajstić information content (AvgIpc) is 2.54. The van der Waals surface area contributed by atoms with Gasteiger partial charge < -0.3 is 5.32 Å². The van der Waals surface area contributed by atoms with Crippen LogP contribution < -0.4 is 5.32 Å². The SMILES string of the molecule is SC1CC=C(c2ccncc2)N1. The maximum Gasteiger partial charge on any atom is 0.0728 e. The van der Waals surface area contributed by atoms with Crippen molar-refractivity contribution in [3.8, 4) is 0 Å². The summed E-state index contributed by atoms with van der Waals surface area (Å²) in [7, 11) is 0. The lowest BCUT2D eigenvalue weighted by molar-refractivity contribution is 0.866. The van der Waals surface area contributed by atoms with Crippen LogP contribution in [0.2, 0.25) is 0 Å². The topological polar surface area (TPSA) is 24.9 Å². The highest BCUT2D eigenvalue weighted by atomic mass is 32.1. The van der Waals surface area contributed by atoms with Crippen LogP contribution in [0.3, 0.4) is 0 Å². The summed E-state index contributed by atoms with van der Waals surface area (Å²) in [5.41, 5.74) is 2.35. The maximum absolute atomic E-state index is 4.32. The van der Waals surface area contributed by atoms with Gasteiger partial charge in [0.15, 0.2) is 0 Å². The van der Waals surface area contributed by atoms with Crippen molar-refractivity contribution in [2.45, 2.75) is 11.8 Å². The molecule has 0 radical (unpaired) electrons. The van der Waals surface area contributed by atoms with Gasteiger partial charge in [-0.05, 0) is 18.6 Å². The van der Waals surface area contributed by atoms with Gasteiger partial charge >= 0.3 is 0 Å². The standard InChI is InChI=1S/C9H10N2S/c12-9-2-1-8(11-9)7-3-5-10-6-4-7/h1,3-6,9,11-12H,2H2. The Morgan fingerprint density at radius 1 is 1.42 bits per heavy atom. The lowest BCUT2D eigenvalue weighted by Crippen LogP contribution is -2.14. The van der Waals surface area contributed by atoms with Crippen molar-refractivity contribution in [1.29, 1.82) is 0 Å². The van der Waals surface area contributed by atoms with Gasteiger partial charge in [-0.25, -0.2) is 0 Å². The lowest BCUT2D eigenvalue weighted by Gasteiger charge is -2.06. The summed E-state index contributed by atoms with van der Waals surface area (Å²) >= 11 is 4.32. The minimum atomic E-state index is 0.271. The Morgan fingerprint density at radius 2 is 2.17 bits per heavy atom. The Bertz CT molecular complexity index is 295. The second-order valence-corrected chi connectivity index (χ2v) is 3.37. The van der Waals surface area contributed by atoms with E-state index in [9.17, 15) is 0 Å². The van der Waals surface area contributed by atoms with E-state index in [0.717, 1.165) is 12.1 Å². The van der Waals surface area contributed by atoms with Crippen molar-refractivity contribution in [3.63, 3.8) is 0 Å². The number of pyridine rings is 1. The van der Waals surface area contributed by atoms with E-state index in [1.54, 1.807) is 12.4 Å². The zero-order chi connectivity index (χ0) is 8.39. The molecule has 0 fully saturated rings. The summed E-state index contributed by atoms with van der Waals surface area (Å²) in [4.78, 5) is 3.96. The zero-order valence-electron chi connectivity index (χ0n) is 6.57. The molecule has 2 heterocycles. The Kier molecular flexibility index (Phi) is 2.04. The lowest BCUT2D eigenvalue weighted by atomic mass is 10.2. The molecule has 0 aliphatic carbocycles. The van der Waals surface area contributed by atoms with E-state index in [-0.39, 0.29) is 5.37 Å². The Hall–Kier alpha value is -0.960. The van der Waals surface area contributed by atoms with E-state index < -0.39 is 0 Å². The minimum Gasteiger partial charge on any atom is -0.373 e. The summed E-state index contributed by atoms with van der Waals surface area (Å²) in [6.45, 7) is 0. The van der Waals surface area contributed by atoms with Crippen molar-refractivity contribution >= 4 is 18.3 Å². The highest BCUT2D eigenvalue weighted by Crippen LogP contribution is 2.19. The van der Waals surface area contributed by atoms with Gasteiger partial charge in [0.1, 0.15) is 0 Å². The minimum absolute atomic E-state index is 0.271. The van der Waals surface area contributed by atoms with Crippen LogP contribution in [0.25, 0.3) is 5.70 Å². The molecule has 1 aliphatic rings. The number of nitrogens with one attached hydrogen (secondary N) is 1. The van der Waals surface area contributed by atoms with Crippen LogP contribution in [0.1, 0.15) is 12.0 Å². The van der Waals surface area contributed by atoms with Crippen molar-refractivity contribution in [3.05, 3.63) is 36.2 Å². The summed E-state index contributed by atoms with van der Waals surface area (Å²) in [5.74, 6) is 0. The van der Waals surface area contributed by atoms with Gasteiger partial charge in [-0.3, -0.25) is 4.98 Å². The molecular formula is C9H10N2S. The maximum atomic E-state index is 4.32. The third-order valence-corrected chi connectivity index (χ3v) is 2.20. The molecule has 2 rings (SSSR count). The first kappa shape index (κ1) is 7.68. The first-order valence-electron chi connectivity index (χ1n) is 3.91. The van der Waals surface area contributed by atoms with Crippen molar-refractivity contribution in [2.24, 2.45) is 0 Å². The van der Waals surface area contributed by atoms with Crippen molar-refractivity contribution in [2.75, 3.05) is 0 Å². The summed E-state index contributed by atoms with van der Waals surface area (Å²) in [6, 6.07) is 3.98. The largest absolute Gasteiger partial charge is 0.373 e. The predicted octanol–water partition coefficient (Wildman–Crippen LogP) is 1.67. The smallest absolute Gasteiger partial charge is 0.0728 e. The molecule has 1 unspecified atom stereocenters. The first-order chi connectivity index (χ1) is 5.86. The molecular weight excluding hydrogens is 168 g/mol. The van der Waals surface area contributed by atoms with E-state index in [0.29, 0.717) is 0 Å². The molecule has 0 aromatic carbocycles. The Balaban J connectivity index is 2.22. The average molecular weight is 178 g/mol. The normalized spacial score (nSPS) is 21.8. The van der Waals surface area contributed by atoms with E-state index in [1.807, 2.05) is 12.1 Å². The fourth-order valence-electron chi connectivity index (χ4n) is 1.26. The van der Waals surface area contributed by atoms with Crippen LogP contribution in [0, 0.1) is 0 Å². The fraction of sp³-hybridized carbons (Fsp3) is 0.222. The molecule has 12 heavy (non-hydrogen) atoms. The van der Waals surface area contributed by atoms with Gasteiger partial charge in [0, 0.05) is 23.7 Å². The van der Waals surface area contributed by atoms with Crippen LogP contribution in [-0.2, 0) is 0 Å². The van der Waals surface area contributed by atoms with Gasteiger partial charge in [-0.15, -0.1) is 0 Å². The van der Waals surface area contributed by atoms with Gasteiger partial charge in [0.25, 0.3) is 0 Å². The summed E-state index contributed by atoms with van der Waals surface area (Å²) in [5, 5.41) is 3.54. The van der Waals surface area contributed by atoms with E-state index in [2.05, 4.69) is 29.0 Å². The van der Waals surface area contributed by atoms with E-state index in [1.165, 1.54) is 5.56 Å². The third-order valence-electron chi connectivity index (χ3n) is 1.86. The molecule has 1 atom stereocenters. The second kappa shape index (κ2) is 3.19. The highest BCUT2D eigenvalue weighted by molar-refractivity contribution is 7.80. The van der Waals surface area contributed by atoms with Gasteiger partial charge in [-0.1, -0.05) is 6.08 Å². The van der Waals surface area contributed by atoms with Crippen LogP contribution in [-0.4, -0.2) is 10.4 Å². The fourth-order valence-corrected chi connectivity index (χ4v) is 1.50. The molecule has 62 valence electrons. The predicted molar refractivity (Wildman–Crippen MR) is 52.7 cm³/mol. The second-order valence-electron chi connectivity index (χ2n) is 2.75. The van der Waals surface area contributed by atoms with E-state index in [4.69, 9.17) is 0 Å². The first-order valence-corrected chi connectivity index (χ1v) is 4.43. The van der Waals surface area contributed by atoms with Crippen LogP contribution >= 0.6 is 12.6 Å². The molecule has 0 amide bonds. The van der Waals surface area contributed by atoms with Crippen molar-refractivity contribution < 1.29 is 0 Å². The molecule has 0 saturated carbocycles. The number of hydrogen-bond acceptors (Lipinski definition) is 3. The molecule has 0 saturated heterocycles. The van der Waals surface area contributed by atoms with E-state index >= 15 is 0 Å². The van der Waals surface area contributed by atoms with Gasteiger partial charge in [-0.2, -0.15) is 12.6 Å². The molecule has 0 spiro atoms. The van der Waals surface area contributed by atoms with Crippen LogP contribution in [0.4, 0.5) is 0 Å². The van der Waals surface area contributed by atoms with Gasteiger partial charge in [0.05, 0.1) is 5.37 Å². The highest BCUT2D eigenvalue weighted by Gasteiger charge is 2.11. The molecule has 2 nitrogen and oxygen atoms in total. The zero-order valence-corrected chi connectivity index (χ0v) is 7.46. The number of nitrogens with zero attached hydrogens (tertiary/aromatic N) is 1. The molecule has 1 aromatic heterocycles. The molecule has 1 N–H and O–H groups in total. The molecule has 1 aliphatic heterocycles. The monoisotopic (exact) mass is 178 g/mol. The molecule has 1 aromatic rings. The summed E-state index contributed by atoms with van der Waals surface area (Å²) < 4.78 is 0. The van der Waals surface area contributed by atoms with Gasteiger partial charge in [0.2, 0.25) is 0 Å². The molecule has 0 bridgehead atoms. The Labute approximate surface area is 77.1 Å². The quantitative estimate of drug-likeness (QED) is 0.639. The number of thiol groups is 1. The van der Waals surface area contributed by atoms with Crippen LogP contribution in [0.5, 0.6) is 0 Å². The summed E-state index contributed by atoms with van der Waals surface area (Å²) in [6.07, 6.45) is 6.74. The number of aromatic nitrogens is 1. The molecule has 3 heteroatoms. The Morgan fingerprint density at radius 3 is 2.75 bits per heavy atom. The number of rotatable bonds is 1. The van der Waals surface area contributed by atoms with Crippen molar-refractivity contribution in [1.82, 2.24) is 10.3 Å². The number of hydrogen-bond donors (Lipinski definition) is 2. The van der Waals surface area contributed by atoms with Crippen LogP contribution in [0.15, 0.2) is 30.6 Å².